The van der Waals surface area contributed by atoms with Gasteiger partial charge in [-0.05, 0) is 43.9 Å². The summed E-state index contributed by atoms with van der Waals surface area (Å²) >= 11 is 0. The van der Waals surface area contributed by atoms with E-state index >= 15 is 0 Å². The summed E-state index contributed by atoms with van der Waals surface area (Å²) in [6.07, 6.45) is 13.0. The maximum Gasteiger partial charge on any atom is 0.0590 e. The second-order valence-electron chi connectivity index (χ2n) is 5.51. The average Bonchev–Trinajstić information content (AvgIpc) is 2.37. The highest BCUT2D eigenvalue weighted by Gasteiger charge is 2.53. The first kappa shape index (κ1) is 15.9. The molecule has 1 rings (SSSR count). The Kier molecular flexibility index (Phi) is 5.77. The highest BCUT2D eigenvalue weighted by molar-refractivity contribution is 5.14. The van der Waals surface area contributed by atoms with E-state index in [0.29, 0.717) is 6.54 Å². The molecule has 1 heterocycles. The molecule has 0 amide bonds. The van der Waals surface area contributed by atoms with E-state index in [1.54, 1.807) is 0 Å². The number of hydrogen-bond acceptors (Lipinski definition) is 2. The van der Waals surface area contributed by atoms with Crippen molar-refractivity contribution in [2.75, 3.05) is 6.54 Å². The van der Waals surface area contributed by atoms with Gasteiger partial charge in [0.15, 0.2) is 0 Å². The minimum absolute atomic E-state index is 0.0358. The number of nitrogens with zero attached hydrogens (tertiary/aromatic N) is 1. The fourth-order valence-electron chi connectivity index (χ4n) is 3.71. The lowest BCUT2D eigenvalue weighted by atomic mass is 9.58. The molecule has 0 aliphatic carbocycles. The smallest absolute Gasteiger partial charge is 0.0590 e. The van der Waals surface area contributed by atoms with Crippen molar-refractivity contribution in [3.63, 3.8) is 0 Å². The van der Waals surface area contributed by atoms with Crippen LogP contribution in [0.2, 0.25) is 0 Å². The Bertz CT molecular complexity index is 325. The Morgan fingerprint density at radius 2 is 1.37 bits per heavy atom. The fraction of sp³-hybridized carbons (Fsp3) is 0.529. The van der Waals surface area contributed by atoms with E-state index in [1.165, 1.54) is 5.06 Å². The van der Waals surface area contributed by atoms with Crippen LogP contribution < -0.4 is 0 Å². The van der Waals surface area contributed by atoms with E-state index < -0.39 is 0 Å². The minimum Gasteiger partial charge on any atom is -0.313 e. The summed E-state index contributed by atoms with van der Waals surface area (Å²) in [7, 11) is 0. The van der Waals surface area contributed by atoms with Crippen LogP contribution in [0.15, 0.2) is 50.6 Å². The number of piperidine rings is 1. The lowest BCUT2D eigenvalue weighted by molar-refractivity contribution is -0.237. The molecule has 2 nitrogen and oxygen atoms in total. The van der Waals surface area contributed by atoms with Crippen LogP contribution in [0.1, 0.15) is 38.5 Å². The molecule has 106 valence electrons. The van der Waals surface area contributed by atoms with Crippen molar-refractivity contribution in [1.82, 2.24) is 5.06 Å². The molecule has 1 N–H and O–H groups in total. The molecule has 0 bridgehead atoms. The summed E-state index contributed by atoms with van der Waals surface area (Å²) in [4.78, 5) is 0. The lowest BCUT2D eigenvalue weighted by Gasteiger charge is -2.57. The Morgan fingerprint density at radius 1 is 0.895 bits per heavy atom. The molecule has 1 fully saturated rings. The van der Waals surface area contributed by atoms with Gasteiger partial charge in [-0.2, -0.15) is 5.06 Å². The third kappa shape index (κ3) is 2.75. The van der Waals surface area contributed by atoms with Gasteiger partial charge in [-0.15, -0.1) is 26.3 Å². The van der Waals surface area contributed by atoms with Crippen LogP contribution in [0.5, 0.6) is 0 Å². The van der Waals surface area contributed by atoms with Gasteiger partial charge in [0.2, 0.25) is 0 Å². The van der Waals surface area contributed by atoms with Gasteiger partial charge in [0.1, 0.15) is 0 Å². The van der Waals surface area contributed by atoms with Crippen LogP contribution in [-0.2, 0) is 0 Å². The standard InChI is InChI=1S/C17H27NO/c1-5-10-16(11-6-2)14-9-15-18(19)17(16,12-7-3)13-8-4/h5-8,19H,1-4,9-15H2. The molecule has 0 saturated carbocycles. The van der Waals surface area contributed by atoms with Crippen LogP contribution >= 0.6 is 0 Å². The van der Waals surface area contributed by atoms with E-state index in [1.807, 2.05) is 24.3 Å². The van der Waals surface area contributed by atoms with Crippen molar-refractivity contribution < 1.29 is 5.21 Å². The molecule has 0 unspecified atom stereocenters. The van der Waals surface area contributed by atoms with Gasteiger partial charge in [-0.3, -0.25) is 0 Å². The van der Waals surface area contributed by atoms with Gasteiger partial charge in [0.25, 0.3) is 0 Å². The molecule has 0 aromatic heterocycles. The molecule has 1 aliphatic rings. The fourth-order valence-corrected chi connectivity index (χ4v) is 3.71. The second kappa shape index (κ2) is 6.88. The van der Waals surface area contributed by atoms with Crippen molar-refractivity contribution in [1.29, 1.82) is 0 Å². The maximum atomic E-state index is 10.5. The van der Waals surface area contributed by atoms with Crippen LogP contribution in [0.3, 0.4) is 0 Å². The van der Waals surface area contributed by atoms with E-state index in [0.717, 1.165) is 38.5 Å². The van der Waals surface area contributed by atoms with E-state index in [2.05, 4.69) is 26.3 Å². The third-order valence-corrected chi connectivity index (χ3v) is 4.54. The molecular weight excluding hydrogens is 234 g/mol. The van der Waals surface area contributed by atoms with Gasteiger partial charge >= 0.3 is 0 Å². The maximum absolute atomic E-state index is 10.5. The largest absolute Gasteiger partial charge is 0.313 e. The Hall–Kier alpha value is -1.12. The first-order chi connectivity index (χ1) is 9.12. The number of rotatable bonds is 8. The predicted molar refractivity (Wildman–Crippen MR) is 82.1 cm³/mol. The summed E-state index contributed by atoms with van der Waals surface area (Å²) in [6.45, 7) is 16.3. The highest BCUT2D eigenvalue weighted by Crippen LogP contribution is 2.53. The van der Waals surface area contributed by atoms with Crippen LogP contribution in [0.25, 0.3) is 0 Å². The normalized spacial score (nSPS) is 21.5. The first-order valence-electron chi connectivity index (χ1n) is 7.02. The quantitative estimate of drug-likeness (QED) is 0.650. The summed E-state index contributed by atoms with van der Waals surface area (Å²) in [6, 6.07) is 0. The molecule has 19 heavy (non-hydrogen) atoms. The van der Waals surface area contributed by atoms with E-state index in [-0.39, 0.29) is 11.0 Å². The SMILES string of the molecule is C=CCC1(CC=C)CCCN(O)C1(CC=C)CC=C. The summed E-state index contributed by atoms with van der Waals surface area (Å²) in [5.41, 5.74) is -0.372. The van der Waals surface area contributed by atoms with E-state index in [9.17, 15) is 5.21 Å². The number of allylic oxidation sites excluding steroid dienone is 2. The third-order valence-electron chi connectivity index (χ3n) is 4.54. The van der Waals surface area contributed by atoms with Crippen molar-refractivity contribution >= 4 is 0 Å². The molecule has 0 aromatic carbocycles. The average molecular weight is 261 g/mol. The Morgan fingerprint density at radius 3 is 1.79 bits per heavy atom. The number of hydroxylamine groups is 2. The molecule has 2 heteroatoms. The van der Waals surface area contributed by atoms with Crippen molar-refractivity contribution in [3.05, 3.63) is 50.6 Å². The number of hydrogen-bond donors (Lipinski definition) is 1. The molecule has 0 radical (unpaired) electrons. The summed E-state index contributed by atoms with van der Waals surface area (Å²) in [5.74, 6) is 0. The van der Waals surface area contributed by atoms with Crippen LogP contribution in [-0.4, -0.2) is 22.4 Å². The topological polar surface area (TPSA) is 23.5 Å². The monoisotopic (exact) mass is 261 g/mol. The second-order valence-corrected chi connectivity index (χ2v) is 5.51. The van der Waals surface area contributed by atoms with Gasteiger partial charge in [-0.1, -0.05) is 24.3 Å². The zero-order valence-corrected chi connectivity index (χ0v) is 12.0. The highest BCUT2D eigenvalue weighted by atomic mass is 16.5. The molecule has 1 aliphatic heterocycles. The summed E-state index contributed by atoms with van der Waals surface area (Å²) < 4.78 is 0. The van der Waals surface area contributed by atoms with Crippen molar-refractivity contribution in [2.24, 2.45) is 5.41 Å². The zero-order chi connectivity index (χ0) is 14.4. The zero-order valence-electron chi connectivity index (χ0n) is 12.0. The first-order valence-corrected chi connectivity index (χ1v) is 7.02. The van der Waals surface area contributed by atoms with Gasteiger partial charge in [0.05, 0.1) is 5.54 Å². The lowest BCUT2D eigenvalue weighted by Crippen LogP contribution is -2.61. The predicted octanol–water partition coefficient (Wildman–Crippen LogP) is 4.50. The van der Waals surface area contributed by atoms with Gasteiger partial charge < -0.3 is 5.21 Å². The molecule has 0 atom stereocenters. The van der Waals surface area contributed by atoms with Gasteiger partial charge in [-0.25, -0.2) is 0 Å². The van der Waals surface area contributed by atoms with Crippen molar-refractivity contribution in [2.45, 2.75) is 44.1 Å². The Balaban J connectivity index is 3.31. The van der Waals surface area contributed by atoms with Crippen LogP contribution in [0.4, 0.5) is 0 Å². The molecule has 0 spiro atoms. The van der Waals surface area contributed by atoms with Gasteiger partial charge in [0, 0.05) is 6.54 Å². The molecule has 1 saturated heterocycles. The van der Waals surface area contributed by atoms with E-state index in [4.69, 9.17) is 0 Å². The summed E-state index contributed by atoms with van der Waals surface area (Å²) in [5, 5.41) is 12.1. The molecule has 0 aromatic rings. The molecular formula is C17H27NO. The Labute approximate surface area is 117 Å². The minimum atomic E-state index is -0.336. The van der Waals surface area contributed by atoms with Crippen LogP contribution in [0, 0.1) is 5.41 Å². The van der Waals surface area contributed by atoms with Crippen molar-refractivity contribution in [3.8, 4) is 0 Å².